The second kappa shape index (κ2) is 6.10. The van der Waals surface area contributed by atoms with E-state index in [1.165, 1.54) is 18.4 Å². The first-order valence-electron chi connectivity index (χ1n) is 7.17. The van der Waals surface area contributed by atoms with Gasteiger partial charge in [-0.2, -0.15) is 0 Å². The zero-order valence-electron chi connectivity index (χ0n) is 11.7. The van der Waals surface area contributed by atoms with E-state index in [9.17, 15) is 0 Å². The maximum Gasteiger partial charge on any atom is 0.194 e. The van der Waals surface area contributed by atoms with Gasteiger partial charge in [0.05, 0.1) is 6.20 Å². The fourth-order valence-corrected chi connectivity index (χ4v) is 2.52. The van der Waals surface area contributed by atoms with Gasteiger partial charge in [0, 0.05) is 22.5 Å². The van der Waals surface area contributed by atoms with Crippen LogP contribution < -0.4 is 5.32 Å². The number of benzene rings is 1. The van der Waals surface area contributed by atoms with Gasteiger partial charge < -0.3 is 9.73 Å². The molecule has 0 bridgehead atoms. The van der Waals surface area contributed by atoms with Gasteiger partial charge in [0.25, 0.3) is 0 Å². The van der Waals surface area contributed by atoms with Crippen LogP contribution in [0.3, 0.4) is 0 Å². The van der Waals surface area contributed by atoms with Crippen molar-refractivity contribution in [1.29, 1.82) is 0 Å². The Labute approximate surface area is 127 Å². The monoisotopic (exact) mass is 334 g/mol. The van der Waals surface area contributed by atoms with Crippen LogP contribution in [0.5, 0.6) is 0 Å². The maximum atomic E-state index is 5.83. The summed E-state index contributed by atoms with van der Waals surface area (Å²) in [6, 6.07) is 7.01. The van der Waals surface area contributed by atoms with Crippen molar-refractivity contribution in [1.82, 2.24) is 10.3 Å². The van der Waals surface area contributed by atoms with Crippen molar-refractivity contribution in [3.63, 3.8) is 0 Å². The summed E-state index contributed by atoms with van der Waals surface area (Å²) in [6.07, 6.45) is 6.47. The predicted octanol–water partition coefficient (Wildman–Crippen LogP) is 4.10. The molecule has 2 aromatic rings. The molecule has 0 saturated heterocycles. The van der Waals surface area contributed by atoms with Gasteiger partial charge >= 0.3 is 0 Å². The molecule has 0 atom stereocenters. The third-order valence-corrected chi connectivity index (χ3v) is 4.44. The molecule has 0 aliphatic heterocycles. The van der Waals surface area contributed by atoms with Crippen molar-refractivity contribution in [2.75, 3.05) is 6.54 Å². The Hall–Kier alpha value is -1.13. The number of rotatable bonds is 6. The molecule has 0 spiro atoms. The molecule has 1 heterocycles. The summed E-state index contributed by atoms with van der Waals surface area (Å²) in [4.78, 5) is 4.37. The molecule has 4 heteroatoms. The first-order chi connectivity index (χ1) is 9.72. The third kappa shape index (κ3) is 3.49. The van der Waals surface area contributed by atoms with Crippen LogP contribution in [-0.2, 0) is 6.42 Å². The molecule has 0 amide bonds. The molecular formula is C16H19BrN2O. The van der Waals surface area contributed by atoms with E-state index in [-0.39, 0.29) is 0 Å². The van der Waals surface area contributed by atoms with E-state index >= 15 is 0 Å². The molecule has 3 rings (SSSR count). The lowest BCUT2D eigenvalue weighted by atomic mass is 10.1. The van der Waals surface area contributed by atoms with E-state index in [4.69, 9.17) is 4.42 Å². The van der Waals surface area contributed by atoms with E-state index in [1.807, 2.05) is 6.20 Å². The minimum atomic E-state index is 0.778. The smallest absolute Gasteiger partial charge is 0.194 e. The number of aryl methyl sites for hydroxylation is 2. The number of aromatic nitrogens is 1. The van der Waals surface area contributed by atoms with Gasteiger partial charge in [-0.1, -0.05) is 28.1 Å². The largest absolute Gasteiger partial charge is 0.441 e. The number of hydrogen-bond acceptors (Lipinski definition) is 3. The van der Waals surface area contributed by atoms with E-state index in [1.54, 1.807) is 0 Å². The van der Waals surface area contributed by atoms with Gasteiger partial charge in [-0.3, -0.25) is 0 Å². The Morgan fingerprint density at radius 2 is 2.25 bits per heavy atom. The third-order valence-electron chi connectivity index (χ3n) is 3.59. The fourth-order valence-electron chi connectivity index (χ4n) is 2.14. The van der Waals surface area contributed by atoms with Gasteiger partial charge in [0.2, 0.25) is 0 Å². The molecule has 3 nitrogen and oxygen atoms in total. The van der Waals surface area contributed by atoms with Crippen molar-refractivity contribution >= 4 is 15.9 Å². The topological polar surface area (TPSA) is 38.1 Å². The SMILES string of the molecule is Cc1ccc(-c2cnc(CCCNC3CC3)o2)cc1Br. The summed E-state index contributed by atoms with van der Waals surface area (Å²) in [5, 5.41) is 3.50. The summed E-state index contributed by atoms with van der Waals surface area (Å²) in [7, 11) is 0. The lowest BCUT2D eigenvalue weighted by Gasteiger charge is -2.01. The highest BCUT2D eigenvalue weighted by Gasteiger charge is 2.19. The lowest BCUT2D eigenvalue weighted by Crippen LogP contribution is -2.17. The molecule has 0 unspecified atom stereocenters. The molecular weight excluding hydrogens is 316 g/mol. The quantitative estimate of drug-likeness (QED) is 0.808. The van der Waals surface area contributed by atoms with Crippen LogP contribution >= 0.6 is 15.9 Å². The standard InChI is InChI=1S/C16H19BrN2O/c1-11-4-5-12(9-14(11)17)15-10-19-16(20-15)3-2-8-18-13-6-7-13/h4-5,9-10,13,18H,2-3,6-8H2,1H3. The number of oxazole rings is 1. The molecule has 1 aromatic carbocycles. The Morgan fingerprint density at radius 3 is 3.00 bits per heavy atom. The molecule has 1 aliphatic carbocycles. The first-order valence-corrected chi connectivity index (χ1v) is 7.96. The Bertz CT molecular complexity index is 590. The summed E-state index contributed by atoms with van der Waals surface area (Å²) < 4.78 is 6.93. The van der Waals surface area contributed by atoms with Crippen LogP contribution in [0.4, 0.5) is 0 Å². The number of halogens is 1. The molecule has 0 radical (unpaired) electrons. The van der Waals surface area contributed by atoms with E-state index < -0.39 is 0 Å². The Kier molecular flexibility index (Phi) is 4.22. The van der Waals surface area contributed by atoms with Gasteiger partial charge in [-0.15, -0.1) is 0 Å². The molecule has 1 saturated carbocycles. The lowest BCUT2D eigenvalue weighted by molar-refractivity contribution is 0.491. The second-order valence-electron chi connectivity index (χ2n) is 5.41. The molecule has 20 heavy (non-hydrogen) atoms. The van der Waals surface area contributed by atoms with Gasteiger partial charge in [-0.05, 0) is 44.4 Å². The second-order valence-corrected chi connectivity index (χ2v) is 6.27. The average molecular weight is 335 g/mol. The van der Waals surface area contributed by atoms with Crippen LogP contribution in [-0.4, -0.2) is 17.6 Å². The highest BCUT2D eigenvalue weighted by molar-refractivity contribution is 9.10. The zero-order chi connectivity index (χ0) is 13.9. The minimum Gasteiger partial charge on any atom is -0.441 e. The molecule has 1 aromatic heterocycles. The molecule has 1 fully saturated rings. The number of nitrogens with zero attached hydrogens (tertiary/aromatic N) is 1. The average Bonchev–Trinajstić information content (AvgIpc) is 3.15. The van der Waals surface area contributed by atoms with Crippen LogP contribution in [0, 0.1) is 6.92 Å². The van der Waals surface area contributed by atoms with Crippen LogP contribution in [0.25, 0.3) is 11.3 Å². The zero-order valence-corrected chi connectivity index (χ0v) is 13.2. The van der Waals surface area contributed by atoms with Crippen molar-refractivity contribution in [2.24, 2.45) is 0 Å². The fraction of sp³-hybridized carbons (Fsp3) is 0.438. The number of nitrogens with one attached hydrogen (secondary N) is 1. The van der Waals surface area contributed by atoms with E-state index in [0.29, 0.717) is 0 Å². The molecule has 1 N–H and O–H groups in total. The first kappa shape index (κ1) is 13.8. The highest BCUT2D eigenvalue weighted by atomic mass is 79.9. The summed E-state index contributed by atoms with van der Waals surface area (Å²) in [5.74, 6) is 1.67. The molecule has 106 valence electrons. The predicted molar refractivity (Wildman–Crippen MR) is 83.7 cm³/mol. The summed E-state index contributed by atoms with van der Waals surface area (Å²) in [5.41, 5.74) is 2.29. The van der Waals surface area contributed by atoms with Crippen molar-refractivity contribution in [3.8, 4) is 11.3 Å². The summed E-state index contributed by atoms with van der Waals surface area (Å²) in [6.45, 7) is 3.13. The minimum absolute atomic E-state index is 0.778. The summed E-state index contributed by atoms with van der Waals surface area (Å²) >= 11 is 3.55. The van der Waals surface area contributed by atoms with E-state index in [2.05, 4.69) is 51.4 Å². The van der Waals surface area contributed by atoms with Crippen LogP contribution in [0.2, 0.25) is 0 Å². The Morgan fingerprint density at radius 1 is 1.40 bits per heavy atom. The van der Waals surface area contributed by atoms with Crippen molar-refractivity contribution in [3.05, 3.63) is 40.3 Å². The van der Waals surface area contributed by atoms with Gasteiger partial charge in [-0.25, -0.2) is 4.98 Å². The highest BCUT2D eigenvalue weighted by Crippen LogP contribution is 2.26. The van der Waals surface area contributed by atoms with Gasteiger partial charge in [0.1, 0.15) is 0 Å². The van der Waals surface area contributed by atoms with Crippen LogP contribution in [0.1, 0.15) is 30.7 Å². The van der Waals surface area contributed by atoms with Crippen molar-refractivity contribution < 1.29 is 4.42 Å². The van der Waals surface area contributed by atoms with E-state index in [0.717, 1.165) is 47.1 Å². The Balaban J connectivity index is 1.58. The maximum absolute atomic E-state index is 5.83. The number of hydrogen-bond donors (Lipinski definition) is 1. The van der Waals surface area contributed by atoms with Gasteiger partial charge in [0.15, 0.2) is 11.7 Å². The van der Waals surface area contributed by atoms with Crippen molar-refractivity contribution in [2.45, 2.75) is 38.6 Å². The normalized spacial score (nSPS) is 14.7. The van der Waals surface area contributed by atoms with Crippen LogP contribution in [0.15, 0.2) is 33.3 Å². The molecule has 1 aliphatic rings.